The summed E-state index contributed by atoms with van der Waals surface area (Å²) in [5, 5.41) is 14.4. The third kappa shape index (κ3) is 4.00. The van der Waals surface area contributed by atoms with Gasteiger partial charge in [0.05, 0.1) is 17.9 Å². The molecular formula is C14H13ClN2O4. The maximum Gasteiger partial charge on any atom is 0.335 e. The van der Waals surface area contributed by atoms with Crippen molar-refractivity contribution in [3.63, 3.8) is 0 Å². The molecule has 3 N–H and O–H groups in total. The molecule has 1 unspecified atom stereocenters. The van der Waals surface area contributed by atoms with Crippen LogP contribution >= 0.6 is 11.6 Å². The summed E-state index contributed by atoms with van der Waals surface area (Å²) in [6.45, 7) is 1.76. The molecule has 1 aromatic carbocycles. The fourth-order valence-electron chi connectivity index (χ4n) is 1.76. The third-order valence-corrected chi connectivity index (χ3v) is 2.94. The number of amides is 2. The second kappa shape index (κ2) is 6.32. The van der Waals surface area contributed by atoms with Gasteiger partial charge in [-0.3, -0.25) is 0 Å². The number of halogens is 1. The summed E-state index contributed by atoms with van der Waals surface area (Å²) >= 11 is 5.81. The number of carboxylic acid groups (broad SMARTS) is 1. The fraction of sp³-hybridized carbons (Fsp3) is 0.143. The Labute approximate surface area is 125 Å². The van der Waals surface area contributed by atoms with E-state index in [-0.39, 0.29) is 16.6 Å². The molecule has 0 aliphatic heterocycles. The van der Waals surface area contributed by atoms with Gasteiger partial charge in [0.1, 0.15) is 5.76 Å². The molecule has 7 heteroatoms. The molecule has 6 nitrogen and oxygen atoms in total. The van der Waals surface area contributed by atoms with Gasteiger partial charge in [-0.2, -0.15) is 0 Å². The Bertz CT molecular complexity index is 655. The monoisotopic (exact) mass is 308 g/mol. The zero-order valence-electron chi connectivity index (χ0n) is 11.1. The van der Waals surface area contributed by atoms with Crippen LogP contribution in [0.25, 0.3) is 0 Å². The van der Waals surface area contributed by atoms with Crippen molar-refractivity contribution in [1.82, 2.24) is 5.32 Å². The summed E-state index contributed by atoms with van der Waals surface area (Å²) in [6, 6.07) is 6.75. The van der Waals surface area contributed by atoms with E-state index in [1.54, 1.807) is 19.1 Å². The van der Waals surface area contributed by atoms with Crippen LogP contribution in [0.4, 0.5) is 10.5 Å². The molecule has 1 heterocycles. The van der Waals surface area contributed by atoms with Crippen LogP contribution in [0.1, 0.15) is 29.1 Å². The molecule has 2 rings (SSSR count). The van der Waals surface area contributed by atoms with Gasteiger partial charge < -0.3 is 20.2 Å². The van der Waals surface area contributed by atoms with Crippen molar-refractivity contribution < 1.29 is 19.1 Å². The first-order valence-electron chi connectivity index (χ1n) is 6.10. The highest BCUT2D eigenvalue weighted by atomic mass is 35.5. The number of nitrogens with one attached hydrogen (secondary N) is 2. The summed E-state index contributed by atoms with van der Waals surface area (Å²) < 4.78 is 5.17. The first kappa shape index (κ1) is 14.9. The number of carbonyl (C=O) groups is 2. The largest absolute Gasteiger partial charge is 0.478 e. The van der Waals surface area contributed by atoms with Gasteiger partial charge in [0.25, 0.3) is 0 Å². The first-order chi connectivity index (χ1) is 9.95. The normalized spacial score (nSPS) is 11.7. The van der Waals surface area contributed by atoms with E-state index in [4.69, 9.17) is 21.1 Å². The number of hydrogen-bond acceptors (Lipinski definition) is 3. The average Bonchev–Trinajstić information content (AvgIpc) is 2.91. The number of furan rings is 1. The molecule has 0 aliphatic rings. The lowest BCUT2D eigenvalue weighted by Gasteiger charge is -2.13. The number of hydrogen-bond donors (Lipinski definition) is 3. The van der Waals surface area contributed by atoms with Crippen molar-refractivity contribution in [1.29, 1.82) is 0 Å². The van der Waals surface area contributed by atoms with E-state index in [0.717, 1.165) is 0 Å². The van der Waals surface area contributed by atoms with Crippen LogP contribution in [0.3, 0.4) is 0 Å². The Balaban J connectivity index is 2.04. The van der Waals surface area contributed by atoms with Crippen LogP contribution in [0.2, 0.25) is 5.02 Å². The summed E-state index contributed by atoms with van der Waals surface area (Å²) in [5.41, 5.74) is 0.293. The Morgan fingerprint density at radius 2 is 2.10 bits per heavy atom. The van der Waals surface area contributed by atoms with E-state index >= 15 is 0 Å². The molecule has 0 saturated carbocycles. The molecule has 0 fully saturated rings. The van der Waals surface area contributed by atoms with Gasteiger partial charge in [-0.25, -0.2) is 9.59 Å². The lowest BCUT2D eigenvalue weighted by Crippen LogP contribution is -2.31. The van der Waals surface area contributed by atoms with Gasteiger partial charge in [-0.05, 0) is 37.3 Å². The second-order valence-electron chi connectivity index (χ2n) is 4.37. The van der Waals surface area contributed by atoms with Crippen LogP contribution in [-0.4, -0.2) is 17.1 Å². The number of rotatable bonds is 4. The molecule has 2 aromatic rings. The molecular weight excluding hydrogens is 296 g/mol. The van der Waals surface area contributed by atoms with Crippen molar-refractivity contribution in [2.24, 2.45) is 0 Å². The third-order valence-electron chi connectivity index (χ3n) is 2.72. The number of urea groups is 1. The molecule has 0 bridgehead atoms. The van der Waals surface area contributed by atoms with Gasteiger partial charge in [0.15, 0.2) is 0 Å². The minimum absolute atomic E-state index is 0.00289. The van der Waals surface area contributed by atoms with Gasteiger partial charge >= 0.3 is 12.0 Å². The molecule has 0 spiro atoms. The Morgan fingerprint density at radius 1 is 1.33 bits per heavy atom. The highest BCUT2D eigenvalue weighted by molar-refractivity contribution is 6.31. The van der Waals surface area contributed by atoms with Gasteiger partial charge in [0.2, 0.25) is 0 Å². The molecule has 2 amide bonds. The molecule has 0 saturated heterocycles. The van der Waals surface area contributed by atoms with Crippen molar-refractivity contribution >= 4 is 29.3 Å². The summed E-state index contributed by atoms with van der Waals surface area (Å²) in [5.74, 6) is -0.507. The number of carboxylic acids is 1. The first-order valence-corrected chi connectivity index (χ1v) is 6.48. The summed E-state index contributed by atoms with van der Waals surface area (Å²) in [4.78, 5) is 22.8. The molecule has 0 radical (unpaired) electrons. The van der Waals surface area contributed by atoms with Crippen molar-refractivity contribution in [3.05, 3.63) is 52.9 Å². The lowest BCUT2D eigenvalue weighted by molar-refractivity contribution is 0.0697. The van der Waals surface area contributed by atoms with Crippen molar-refractivity contribution in [3.8, 4) is 0 Å². The highest BCUT2D eigenvalue weighted by Crippen LogP contribution is 2.19. The maximum atomic E-state index is 11.9. The van der Waals surface area contributed by atoms with E-state index in [2.05, 4.69) is 10.6 Å². The quantitative estimate of drug-likeness (QED) is 0.806. The number of benzene rings is 1. The van der Waals surface area contributed by atoms with Crippen LogP contribution in [0, 0.1) is 0 Å². The van der Waals surface area contributed by atoms with E-state index in [1.807, 2.05) is 0 Å². The second-order valence-corrected chi connectivity index (χ2v) is 4.81. The topological polar surface area (TPSA) is 91.6 Å². The molecule has 110 valence electrons. The molecule has 21 heavy (non-hydrogen) atoms. The van der Waals surface area contributed by atoms with Crippen LogP contribution in [-0.2, 0) is 0 Å². The fourth-order valence-corrected chi connectivity index (χ4v) is 1.99. The van der Waals surface area contributed by atoms with Gasteiger partial charge in [0, 0.05) is 10.7 Å². The molecule has 1 atom stereocenters. The lowest BCUT2D eigenvalue weighted by atomic mass is 10.2. The Kier molecular flexibility index (Phi) is 4.49. The Morgan fingerprint density at radius 3 is 2.71 bits per heavy atom. The van der Waals surface area contributed by atoms with Crippen molar-refractivity contribution in [2.75, 3.05) is 5.32 Å². The predicted octanol–water partition coefficient (Wildman–Crippen LogP) is 3.51. The van der Waals surface area contributed by atoms with Gasteiger partial charge in [-0.1, -0.05) is 11.6 Å². The highest BCUT2D eigenvalue weighted by Gasteiger charge is 2.13. The zero-order valence-corrected chi connectivity index (χ0v) is 11.8. The Hall–Kier alpha value is -2.47. The van der Waals surface area contributed by atoms with Crippen LogP contribution < -0.4 is 10.6 Å². The predicted molar refractivity (Wildman–Crippen MR) is 77.7 cm³/mol. The zero-order chi connectivity index (χ0) is 15.4. The van der Waals surface area contributed by atoms with Crippen LogP contribution in [0.5, 0.6) is 0 Å². The maximum absolute atomic E-state index is 11.9. The van der Waals surface area contributed by atoms with Crippen LogP contribution in [0.15, 0.2) is 41.0 Å². The SMILES string of the molecule is CC(NC(=O)Nc1cc(Cl)cc(C(=O)O)c1)c1ccco1. The number of carbonyl (C=O) groups excluding carboxylic acids is 1. The summed E-state index contributed by atoms with van der Waals surface area (Å²) in [7, 11) is 0. The standard InChI is InChI=1S/C14H13ClN2O4/c1-8(12-3-2-4-21-12)16-14(20)17-11-6-9(13(18)19)5-10(15)7-11/h2-8H,1H3,(H,18,19)(H2,16,17,20). The minimum Gasteiger partial charge on any atom is -0.478 e. The van der Waals surface area contributed by atoms with Crippen molar-refractivity contribution in [2.45, 2.75) is 13.0 Å². The smallest absolute Gasteiger partial charge is 0.335 e. The van der Waals surface area contributed by atoms with Gasteiger partial charge in [-0.15, -0.1) is 0 Å². The van der Waals surface area contributed by atoms with E-state index in [1.165, 1.54) is 24.5 Å². The average molecular weight is 309 g/mol. The number of anilines is 1. The molecule has 0 aliphatic carbocycles. The van der Waals surface area contributed by atoms with E-state index in [9.17, 15) is 9.59 Å². The molecule has 1 aromatic heterocycles. The summed E-state index contributed by atoms with van der Waals surface area (Å²) in [6.07, 6.45) is 1.52. The minimum atomic E-state index is -1.12. The number of aromatic carboxylic acids is 1. The van der Waals surface area contributed by atoms with E-state index in [0.29, 0.717) is 11.4 Å². The van der Waals surface area contributed by atoms with E-state index < -0.39 is 12.0 Å².